The van der Waals surface area contributed by atoms with Crippen LogP contribution in [0, 0.1) is 0 Å². The molecule has 2 saturated heterocycles. The molecule has 2 aliphatic rings. The average molecular weight is 345 g/mol. The second-order valence-electron chi connectivity index (χ2n) is 7.12. The number of ether oxygens (including phenoxy) is 1. The third kappa shape index (κ3) is 3.62. The van der Waals surface area contributed by atoms with Gasteiger partial charge in [0.1, 0.15) is 5.56 Å². The third-order valence-electron chi connectivity index (χ3n) is 5.31. The smallest absolute Gasteiger partial charge is 0.259 e. The van der Waals surface area contributed by atoms with E-state index < -0.39 is 0 Å². The first-order valence-corrected chi connectivity index (χ1v) is 9.25. The number of nitrogens with zero attached hydrogens (tertiary/aromatic N) is 2. The Hall–Kier alpha value is -2.11. The van der Waals surface area contributed by atoms with E-state index in [0.717, 1.165) is 32.1 Å². The second-order valence-corrected chi connectivity index (χ2v) is 7.12. The monoisotopic (exact) mass is 345 g/mol. The number of hydrogen-bond acceptors (Lipinski definition) is 4. The van der Waals surface area contributed by atoms with Crippen LogP contribution in [0.3, 0.4) is 0 Å². The van der Waals surface area contributed by atoms with E-state index in [1.165, 1.54) is 0 Å². The van der Waals surface area contributed by atoms with Gasteiger partial charge in [0.05, 0.1) is 18.2 Å². The number of aromatic nitrogens is 1. The Morgan fingerprint density at radius 2 is 2.28 bits per heavy atom. The molecule has 0 aromatic carbocycles. The summed E-state index contributed by atoms with van der Waals surface area (Å²) in [5, 5.41) is 3.19. The van der Waals surface area contributed by atoms with Crippen molar-refractivity contribution in [1.82, 2.24) is 15.2 Å². The van der Waals surface area contributed by atoms with Gasteiger partial charge in [0, 0.05) is 19.2 Å². The molecule has 2 amide bonds. The van der Waals surface area contributed by atoms with Crippen LogP contribution in [0.15, 0.2) is 18.3 Å². The van der Waals surface area contributed by atoms with E-state index in [1.54, 1.807) is 18.3 Å². The Kier molecular flexibility index (Phi) is 5.25. The number of hydrogen-bond donors (Lipinski definition) is 1. The molecule has 6 heteroatoms. The molecule has 3 heterocycles. The number of nitrogens with one attached hydrogen (secondary N) is 1. The van der Waals surface area contributed by atoms with E-state index in [4.69, 9.17) is 4.74 Å². The van der Waals surface area contributed by atoms with E-state index >= 15 is 0 Å². The lowest BCUT2D eigenvalue weighted by atomic mass is 9.85. The Bertz CT molecular complexity index is 649. The van der Waals surface area contributed by atoms with Crippen LogP contribution in [0.25, 0.3) is 0 Å². The van der Waals surface area contributed by atoms with Crippen LogP contribution in [0.4, 0.5) is 0 Å². The highest BCUT2D eigenvalue weighted by Gasteiger charge is 2.44. The van der Waals surface area contributed by atoms with Crippen molar-refractivity contribution >= 4 is 11.8 Å². The first-order valence-electron chi connectivity index (χ1n) is 9.25. The Morgan fingerprint density at radius 1 is 1.44 bits per heavy atom. The summed E-state index contributed by atoms with van der Waals surface area (Å²) in [7, 11) is 0. The summed E-state index contributed by atoms with van der Waals surface area (Å²) >= 11 is 0. The zero-order valence-corrected chi connectivity index (χ0v) is 15.1. The summed E-state index contributed by atoms with van der Waals surface area (Å²) in [6.07, 6.45) is 6.66. The highest BCUT2D eigenvalue weighted by atomic mass is 16.5. The molecule has 136 valence electrons. The van der Waals surface area contributed by atoms with Crippen LogP contribution in [0.1, 0.15) is 62.7 Å². The van der Waals surface area contributed by atoms with Gasteiger partial charge in [-0.05, 0) is 58.1 Å². The van der Waals surface area contributed by atoms with Gasteiger partial charge in [0.25, 0.3) is 5.91 Å². The summed E-state index contributed by atoms with van der Waals surface area (Å²) in [6.45, 7) is 5.13. The lowest BCUT2D eigenvalue weighted by Gasteiger charge is -2.41. The summed E-state index contributed by atoms with van der Waals surface area (Å²) < 4.78 is 5.55. The van der Waals surface area contributed by atoms with Crippen molar-refractivity contribution in [1.29, 1.82) is 0 Å². The number of pyridine rings is 1. The van der Waals surface area contributed by atoms with Crippen molar-refractivity contribution < 1.29 is 14.3 Å². The highest BCUT2D eigenvalue weighted by molar-refractivity contribution is 5.96. The van der Waals surface area contributed by atoms with Crippen molar-refractivity contribution in [3.8, 4) is 5.88 Å². The predicted octanol–water partition coefficient (Wildman–Crippen LogP) is 2.53. The molecule has 0 unspecified atom stereocenters. The van der Waals surface area contributed by atoms with Crippen LogP contribution < -0.4 is 10.1 Å². The van der Waals surface area contributed by atoms with Gasteiger partial charge in [-0.2, -0.15) is 0 Å². The zero-order chi connectivity index (χ0) is 17.9. The minimum Gasteiger partial charge on any atom is -0.477 e. The van der Waals surface area contributed by atoms with Gasteiger partial charge in [-0.15, -0.1) is 0 Å². The molecule has 2 aliphatic heterocycles. The molecule has 3 rings (SSSR count). The quantitative estimate of drug-likeness (QED) is 0.914. The molecule has 1 N–H and O–H groups in total. The van der Waals surface area contributed by atoms with Gasteiger partial charge in [0.2, 0.25) is 11.8 Å². The molecule has 1 aromatic heterocycles. The minimum absolute atomic E-state index is 0.00336. The lowest BCUT2D eigenvalue weighted by Crippen LogP contribution is -2.59. The predicted molar refractivity (Wildman–Crippen MR) is 94.5 cm³/mol. The van der Waals surface area contributed by atoms with Crippen LogP contribution in [0.2, 0.25) is 0 Å². The molecular weight excluding hydrogens is 318 g/mol. The maximum Gasteiger partial charge on any atom is 0.259 e. The summed E-state index contributed by atoms with van der Waals surface area (Å²) in [4.78, 5) is 31.6. The number of carbonyl (C=O) groups excluding carboxylic acids is 2. The highest BCUT2D eigenvalue weighted by Crippen LogP contribution is 2.34. The topological polar surface area (TPSA) is 71.5 Å². The molecule has 0 radical (unpaired) electrons. The van der Waals surface area contributed by atoms with E-state index in [9.17, 15) is 9.59 Å². The standard InChI is InChI=1S/C19H27N3O3/c1-3-25-17-14(8-7-12-20-17)18(24)22-13-5-4-11-19(2)15(22)9-6-10-16(23)21-19/h7-8,12,15H,3-6,9-11,13H2,1-2H3,(H,21,23)/t15-,19-/m0/s1. The van der Waals surface area contributed by atoms with Gasteiger partial charge in [-0.3, -0.25) is 9.59 Å². The van der Waals surface area contributed by atoms with Gasteiger partial charge in [-0.25, -0.2) is 4.98 Å². The molecular formula is C19H27N3O3. The van der Waals surface area contributed by atoms with Crippen molar-refractivity contribution in [3.63, 3.8) is 0 Å². The van der Waals surface area contributed by atoms with Crippen molar-refractivity contribution in [3.05, 3.63) is 23.9 Å². The number of amides is 2. The molecule has 0 spiro atoms. The minimum atomic E-state index is -0.367. The normalized spacial score (nSPS) is 26.9. The largest absolute Gasteiger partial charge is 0.477 e. The number of fused-ring (bicyclic) bond motifs is 1. The van der Waals surface area contributed by atoms with E-state index in [-0.39, 0.29) is 23.4 Å². The van der Waals surface area contributed by atoms with E-state index in [1.807, 2.05) is 11.8 Å². The SMILES string of the molecule is CCOc1ncccc1C(=O)N1CCCC[C@]2(C)NC(=O)CCC[C@H]12. The van der Waals surface area contributed by atoms with Gasteiger partial charge < -0.3 is 15.0 Å². The van der Waals surface area contributed by atoms with Crippen LogP contribution >= 0.6 is 0 Å². The molecule has 0 bridgehead atoms. The van der Waals surface area contributed by atoms with Crippen LogP contribution in [0.5, 0.6) is 5.88 Å². The fourth-order valence-electron chi connectivity index (χ4n) is 4.10. The Balaban J connectivity index is 1.94. The van der Waals surface area contributed by atoms with Crippen molar-refractivity contribution in [2.75, 3.05) is 13.2 Å². The van der Waals surface area contributed by atoms with E-state index in [0.29, 0.717) is 31.0 Å². The summed E-state index contributed by atoms with van der Waals surface area (Å²) in [5.74, 6) is 0.431. The molecule has 0 aliphatic carbocycles. The van der Waals surface area contributed by atoms with Crippen molar-refractivity contribution in [2.45, 2.75) is 64.0 Å². The summed E-state index contributed by atoms with van der Waals surface area (Å²) in [5.41, 5.74) is 0.137. The summed E-state index contributed by atoms with van der Waals surface area (Å²) in [6, 6.07) is 3.54. The average Bonchev–Trinajstić information content (AvgIpc) is 2.83. The fraction of sp³-hybridized carbons (Fsp3) is 0.632. The zero-order valence-electron chi connectivity index (χ0n) is 15.1. The maximum absolute atomic E-state index is 13.3. The lowest BCUT2D eigenvalue weighted by molar-refractivity contribution is -0.122. The Morgan fingerprint density at radius 3 is 3.08 bits per heavy atom. The van der Waals surface area contributed by atoms with Crippen molar-refractivity contribution in [2.24, 2.45) is 0 Å². The molecule has 25 heavy (non-hydrogen) atoms. The number of carbonyl (C=O) groups is 2. The molecule has 6 nitrogen and oxygen atoms in total. The molecule has 1 aromatic rings. The molecule has 2 fully saturated rings. The second kappa shape index (κ2) is 7.42. The molecule has 0 saturated carbocycles. The Labute approximate surface area is 148 Å². The first kappa shape index (κ1) is 17.7. The van der Waals surface area contributed by atoms with Crippen LogP contribution in [-0.2, 0) is 4.79 Å². The van der Waals surface area contributed by atoms with Gasteiger partial charge >= 0.3 is 0 Å². The number of rotatable bonds is 3. The fourth-order valence-corrected chi connectivity index (χ4v) is 4.10. The van der Waals surface area contributed by atoms with Gasteiger partial charge in [-0.1, -0.05) is 0 Å². The van der Waals surface area contributed by atoms with Gasteiger partial charge in [0.15, 0.2) is 0 Å². The van der Waals surface area contributed by atoms with E-state index in [2.05, 4.69) is 17.2 Å². The van der Waals surface area contributed by atoms with Crippen LogP contribution in [-0.4, -0.2) is 46.4 Å². The third-order valence-corrected chi connectivity index (χ3v) is 5.31. The maximum atomic E-state index is 13.3. The molecule has 2 atom stereocenters. The first-order chi connectivity index (χ1) is 12.0. The number of likely N-dealkylation sites (tertiary alicyclic amines) is 1.